The number of hydrogen-bond donors (Lipinski definition) is 1. The number of hydrogen-bond acceptors (Lipinski definition) is 6. The second kappa shape index (κ2) is 7.94. The van der Waals surface area contributed by atoms with Crippen LogP contribution in [0.4, 0.5) is 0 Å². The lowest BCUT2D eigenvalue weighted by Crippen LogP contribution is -2.32. The Morgan fingerprint density at radius 2 is 1.81 bits per heavy atom. The van der Waals surface area contributed by atoms with Crippen molar-refractivity contribution in [3.63, 3.8) is 0 Å². The third kappa shape index (κ3) is 3.60. The van der Waals surface area contributed by atoms with Gasteiger partial charge in [-0.25, -0.2) is 0 Å². The van der Waals surface area contributed by atoms with Crippen LogP contribution in [0.1, 0.15) is 27.6 Å². The number of ether oxygens (including phenoxy) is 2. The minimum absolute atomic E-state index is 0.165. The molecule has 0 radical (unpaired) electrons. The van der Waals surface area contributed by atoms with E-state index in [1.165, 1.54) is 5.56 Å². The zero-order valence-electron chi connectivity index (χ0n) is 17.7. The highest BCUT2D eigenvalue weighted by atomic mass is 16.7. The maximum Gasteiger partial charge on any atom is 0.289 e. The van der Waals surface area contributed by atoms with Gasteiger partial charge < -0.3 is 19.4 Å². The summed E-state index contributed by atoms with van der Waals surface area (Å²) in [7, 11) is 0. The van der Waals surface area contributed by atoms with Crippen molar-refractivity contribution >= 4 is 5.91 Å². The van der Waals surface area contributed by atoms with Crippen LogP contribution in [0, 0.1) is 11.8 Å². The average Bonchev–Trinajstić information content (AvgIpc) is 3.53. The van der Waals surface area contributed by atoms with Crippen LogP contribution in [0.2, 0.25) is 0 Å². The fourth-order valence-corrected chi connectivity index (χ4v) is 5.07. The molecular weight excluding hydrogens is 406 g/mol. The van der Waals surface area contributed by atoms with Crippen LogP contribution in [-0.2, 0) is 26.1 Å². The number of amides is 1. The quantitative estimate of drug-likeness (QED) is 0.667. The topological polar surface area (TPSA) is 81.5 Å². The van der Waals surface area contributed by atoms with Crippen LogP contribution < -0.4 is 14.8 Å². The Bertz CT molecular complexity index is 1150. The Kier molecular flexibility index (Phi) is 4.79. The molecule has 32 heavy (non-hydrogen) atoms. The number of rotatable bonds is 5. The normalized spacial score (nSPS) is 21.2. The standard InChI is InChI=1S/C24H25N5O3/c30-24(25-10-16-4-2-1-3-5-16)23-27-26-22-9-18-12-28(13-19(18)14-29(22)23)11-17-6-7-20-21(8-17)32-15-31-20/h1-8,18-19H,9-15H2,(H,25,30)/t18-,19-/m0/s1. The van der Waals surface area contributed by atoms with Crippen molar-refractivity contribution < 1.29 is 14.3 Å². The van der Waals surface area contributed by atoms with E-state index in [0.29, 0.717) is 31.0 Å². The maximum absolute atomic E-state index is 12.8. The van der Waals surface area contributed by atoms with Crippen molar-refractivity contribution in [2.24, 2.45) is 11.8 Å². The molecule has 164 valence electrons. The Morgan fingerprint density at radius 3 is 2.72 bits per heavy atom. The van der Waals surface area contributed by atoms with Gasteiger partial charge in [0.25, 0.3) is 5.91 Å². The lowest BCUT2D eigenvalue weighted by molar-refractivity contribution is 0.0932. The second-order valence-electron chi connectivity index (χ2n) is 8.82. The second-order valence-corrected chi connectivity index (χ2v) is 8.82. The van der Waals surface area contributed by atoms with Crippen LogP contribution in [-0.4, -0.2) is 45.5 Å². The van der Waals surface area contributed by atoms with Gasteiger partial charge in [0.2, 0.25) is 12.6 Å². The highest BCUT2D eigenvalue weighted by Crippen LogP contribution is 2.36. The van der Waals surface area contributed by atoms with E-state index in [1.54, 1.807) is 0 Å². The van der Waals surface area contributed by atoms with Gasteiger partial charge in [-0.3, -0.25) is 9.69 Å². The van der Waals surface area contributed by atoms with Gasteiger partial charge in [-0.1, -0.05) is 36.4 Å². The van der Waals surface area contributed by atoms with E-state index in [0.717, 1.165) is 55.5 Å². The molecule has 0 bridgehead atoms. The summed E-state index contributed by atoms with van der Waals surface area (Å²) in [5, 5.41) is 11.5. The fourth-order valence-electron chi connectivity index (χ4n) is 5.07. The molecule has 1 saturated heterocycles. The van der Waals surface area contributed by atoms with E-state index in [-0.39, 0.29) is 5.91 Å². The molecule has 1 amide bonds. The van der Waals surface area contributed by atoms with Crippen molar-refractivity contribution in [3.05, 3.63) is 71.3 Å². The summed E-state index contributed by atoms with van der Waals surface area (Å²) in [5.74, 6) is 3.86. The third-order valence-electron chi connectivity index (χ3n) is 6.68. The Balaban J connectivity index is 1.10. The van der Waals surface area contributed by atoms with Crippen LogP contribution >= 0.6 is 0 Å². The van der Waals surface area contributed by atoms with Crippen molar-refractivity contribution in [3.8, 4) is 11.5 Å². The fraction of sp³-hybridized carbons (Fsp3) is 0.375. The van der Waals surface area contributed by atoms with Crippen molar-refractivity contribution in [2.75, 3.05) is 19.9 Å². The van der Waals surface area contributed by atoms with Crippen LogP contribution in [0.15, 0.2) is 48.5 Å². The van der Waals surface area contributed by atoms with E-state index in [2.05, 4.69) is 32.5 Å². The molecule has 2 atom stereocenters. The van der Waals surface area contributed by atoms with Gasteiger partial charge in [0.05, 0.1) is 0 Å². The maximum atomic E-state index is 12.8. The van der Waals surface area contributed by atoms with E-state index < -0.39 is 0 Å². The number of nitrogens with zero attached hydrogens (tertiary/aromatic N) is 4. The summed E-state index contributed by atoms with van der Waals surface area (Å²) < 4.78 is 13.0. The summed E-state index contributed by atoms with van der Waals surface area (Å²) in [4.78, 5) is 15.3. The number of carbonyl (C=O) groups is 1. The molecule has 8 nitrogen and oxygen atoms in total. The molecule has 0 aliphatic carbocycles. The predicted octanol–water partition coefficient (Wildman–Crippen LogP) is 2.24. The Labute approximate surface area is 186 Å². The SMILES string of the molecule is O=C(NCc1ccccc1)c1nnc2n1C[C@@H]1CN(Cc3ccc4c(c3)OCO4)C[C@@H]1C2. The minimum Gasteiger partial charge on any atom is -0.454 e. The van der Waals surface area contributed by atoms with Crippen molar-refractivity contribution in [2.45, 2.75) is 26.1 Å². The number of carbonyl (C=O) groups excluding carboxylic acids is 1. The zero-order chi connectivity index (χ0) is 21.5. The first-order valence-corrected chi connectivity index (χ1v) is 11.1. The highest BCUT2D eigenvalue weighted by molar-refractivity contribution is 5.90. The lowest BCUT2D eigenvalue weighted by Gasteiger charge is -2.25. The van der Waals surface area contributed by atoms with Crippen LogP contribution in [0.3, 0.4) is 0 Å². The minimum atomic E-state index is -0.165. The number of aromatic nitrogens is 3. The Morgan fingerprint density at radius 1 is 0.969 bits per heavy atom. The molecule has 6 rings (SSSR count). The summed E-state index contributed by atoms with van der Waals surface area (Å²) in [6.07, 6.45) is 0.862. The number of benzene rings is 2. The summed E-state index contributed by atoms with van der Waals surface area (Å²) >= 11 is 0. The molecule has 0 spiro atoms. The number of likely N-dealkylation sites (tertiary alicyclic amines) is 1. The summed E-state index contributed by atoms with van der Waals surface area (Å²) in [6, 6.07) is 16.1. The van der Waals surface area contributed by atoms with Gasteiger partial charge in [-0.05, 0) is 35.1 Å². The van der Waals surface area contributed by atoms with Gasteiger partial charge >= 0.3 is 0 Å². The van der Waals surface area contributed by atoms with Gasteiger partial charge in [0, 0.05) is 39.1 Å². The van der Waals surface area contributed by atoms with E-state index in [9.17, 15) is 4.79 Å². The summed E-state index contributed by atoms with van der Waals surface area (Å²) in [6.45, 7) is 4.49. The zero-order valence-corrected chi connectivity index (χ0v) is 17.7. The molecule has 8 heteroatoms. The highest BCUT2D eigenvalue weighted by Gasteiger charge is 2.39. The summed E-state index contributed by atoms with van der Waals surface area (Å²) in [5.41, 5.74) is 2.29. The molecule has 3 aromatic rings. The molecule has 1 fully saturated rings. The number of fused-ring (bicyclic) bond motifs is 3. The molecule has 0 unspecified atom stereocenters. The van der Waals surface area contributed by atoms with Crippen LogP contribution in [0.5, 0.6) is 11.5 Å². The number of nitrogens with one attached hydrogen (secondary N) is 1. The third-order valence-corrected chi connectivity index (χ3v) is 6.68. The average molecular weight is 431 g/mol. The lowest BCUT2D eigenvalue weighted by atomic mass is 9.89. The van der Waals surface area contributed by atoms with E-state index >= 15 is 0 Å². The molecule has 4 heterocycles. The molecule has 1 aromatic heterocycles. The van der Waals surface area contributed by atoms with E-state index in [4.69, 9.17) is 9.47 Å². The molecule has 0 saturated carbocycles. The first-order valence-electron chi connectivity index (χ1n) is 11.1. The molecule has 2 aromatic carbocycles. The molecule has 3 aliphatic rings. The molecule has 1 N–H and O–H groups in total. The van der Waals surface area contributed by atoms with Gasteiger partial charge in [0.1, 0.15) is 5.82 Å². The van der Waals surface area contributed by atoms with Crippen molar-refractivity contribution in [1.82, 2.24) is 25.0 Å². The van der Waals surface area contributed by atoms with E-state index in [1.807, 2.05) is 41.0 Å². The smallest absolute Gasteiger partial charge is 0.289 e. The largest absolute Gasteiger partial charge is 0.454 e. The van der Waals surface area contributed by atoms with Gasteiger partial charge in [-0.15, -0.1) is 10.2 Å². The van der Waals surface area contributed by atoms with Gasteiger partial charge in [-0.2, -0.15) is 0 Å². The van der Waals surface area contributed by atoms with Crippen LogP contribution in [0.25, 0.3) is 0 Å². The monoisotopic (exact) mass is 431 g/mol. The first-order chi connectivity index (χ1) is 15.7. The molecule has 3 aliphatic heterocycles. The first kappa shape index (κ1) is 19.3. The Hall–Kier alpha value is -3.39. The van der Waals surface area contributed by atoms with Gasteiger partial charge in [0.15, 0.2) is 11.5 Å². The predicted molar refractivity (Wildman–Crippen MR) is 116 cm³/mol. The molecular formula is C24H25N5O3. The van der Waals surface area contributed by atoms with Crippen molar-refractivity contribution in [1.29, 1.82) is 0 Å².